The van der Waals surface area contributed by atoms with Crippen LogP contribution in [0.2, 0.25) is 0 Å². The molecule has 0 fully saturated rings. The maximum Gasteiger partial charge on any atom is 0.416 e. The van der Waals surface area contributed by atoms with E-state index in [1.807, 2.05) is 19.1 Å². The van der Waals surface area contributed by atoms with Crippen LogP contribution in [0.4, 0.5) is 18.9 Å². The Morgan fingerprint density at radius 1 is 1.07 bits per heavy atom. The normalized spacial score (nSPS) is 13.6. The second kappa shape index (κ2) is 7.16. The number of fused-ring (bicyclic) bond motifs is 1. The fraction of sp³-hybridized carbons (Fsp3) is 0.136. The summed E-state index contributed by atoms with van der Waals surface area (Å²) in [6.45, 7) is 2.25. The van der Waals surface area contributed by atoms with Crippen molar-refractivity contribution in [2.45, 2.75) is 13.1 Å². The Bertz CT molecular complexity index is 1180. The highest BCUT2D eigenvalue weighted by Crippen LogP contribution is 2.32. The van der Waals surface area contributed by atoms with Crippen molar-refractivity contribution in [3.8, 4) is 11.3 Å². The molecule has 0 radical (unpaired) electrons. The number of nitrogens with zero attached hydrogens (tertiary/aromatic N) is 2. The Hall–Kier alpha value is -3.48. The second-order valence-electron chi connectivity index (χ2n) is 6.77. The van der Waals surface area contributed by atoms with Crippen LogP contribution in [0.15, 0.2) is 65.2 Å². The van der Waals surface area contributed by atoms with E-state index in [1.54, 1.807) is 30.5 Å². The zero-order chi connectivity index (χ0) is 20.6. The molecule has 1 N–H and O–H groups in total. The number of allylic oxidation sites excluding steroid dienone is 1. The molecular formula is C22H16F3N3O. The molecule has 0 atom stereocenters. The van der Waals surface area contributed by atoms with E-state index in [1.165, 1.54) is 6.07 Å². The molecule has 29 heavy (non-hydrogen) atoms. The van der Waals surface area contributed by atoms with E-state index in [4.69, 9.17) is 0 Å². The number of aryl methyl sites for hydroxylation is 1. The third kappa shape index (κ3) is 3.89. The maximum absolute atomic E-state index is 12.9. The average molecular weight is 395 g/mol. The summed E-state index contributed by atoms with van der Waals surface area (Å²) in [5.74, 6) is -0.192. The monoisotopic (exact) mass is 395 g/mol. The van der Waals surface area contributed by atoms with Crippen LogP contribution < -0.4 is 5.32 Å². The van der Waals surface area contributed by atoms with Crippen molar-refractivity contribution >= 4 is 28.7 Å². The Labute approximate surface area is 164 Å². The van der Waals surface area contributed by atoms with Crippen LogP contribution in [-0.2, 0) is 11.0 Å². The molecule has 0 spiro atoms. The van der Waals surface area contributed by atoms with E-state index in [9.17, 15) is 18.0 Å². The summed E-state index contributed by atoms with van der Waals surface area (Å²) >= 11 is 0. The molecule has 4 nitrogen and oxygen atoms in total. The van der Waals surface area contributed by atoms with Gasteiger partial charge in [-0.1, -0.05) is 12.1 Å². The van der Waals surface area contributed by atoms with E-state index in [2.05, 4.69) is 15.3 Å². The molecule has 146 valence electrons. The van der Waals surface area contributed by atoms with E-state index in [-0.39, 0.29) is 5.91 Å². The minimum absolute atomic E-state index is 0.192. The topological polar surface area (TPSA) is 54.4 Å². The predicted octanol–water partition coefficient (Wildman–Crippen LogP) is 5.18. The molecule has 1 aliphatic rings. The molecule has 0 aliphatic carbocycles. The first-order chi connectivity index (χ1) is 13.8. The number of alkyl halides is 3. The van der Waals surface area contributed by atoms with Crippen LogP contribution in [0.25, 0.3) is 22.2 Å². The van der Waals surface area contributed by atoms with Crippen molar-refractivity contribution in [2.24, 2.45) is 4.99 Å². The van der Waals surface area contributed by atoms with Crippen molar-refractivity contribution < 1.29 is 18.0 Å². The number of carbonyl (C=O) groups excluding carboxylic acids is 1. The number of rotatable bonds is 3. The lowest BCUT2D eigenvalue weighted by atomic mass is 10.0. The van der Waals surface area contributed by atoms with Crippen LogP contribution >= 0.6 is 0 Å². The fourth-order valence-electron chi connectivity index (χ4n) is 3.12. The molecule has 2 heterocycles. The van der Waals surface area contributed by atoms with Gasteiger partial charge in [0, 0.05) is 28.4 Å². The number of amides is 1. The van der Waals surface area contributed by atoms with Crippen molar-refractivity contribution in [1.82, 2.24) is 4.98 Å². The van der Waals surface area contributed by atoms with Crippen LogP contribution in [0.3, 0.4) is 0 Å². The lowest BCUT2D eigenvalue weighted by Crippen LogP contribution is -2.15. The number of hydrogen-bond acceptors (Lipinski definition) is 3. The third-order valence-electron chi connectivity index (χ3n) is 4.72. The van der Waals surface area contributed by atoms with Gasteiger partial charge in [0.1, 0.15) is 0 Å². The zero-order valence-electron chi connectivity index (χ0n) is 15.4. The second-order valence-corrected chi connectivity index (χ2v) is 6.77. The smallest absolute Gasteiger partial charge is 0.322 e. The van der Waals surface area contributed by atoms with Crippen LogP contribution in [0, 0.1) is 6.92 Å². The highest BCUT2D eigenvalue weighted by Gasteiger charge is 2.30. The first-order valence-corrected chi connectivity index (χ1v) is 8.91. The summed E-state index contributed by atoms with van der Waals surface area (Å²) in [6, 6.07) is 12.3. The number of carbonyl (C=O) groups is 1. The lowest BCUT2D eigenvalue weighted by Gasteiger charge is -2.11. The van der Waals surface area contributed by atoms with Gasteiger partial charge in [0.05, 0.1) is 23.3 Å². The number of hydrogen-bond donors (Lipinski definition) is 1. The van der Waals surface area contributed by atoms with Crippen LogP contribution in [0.1, 0.15) is 11.1 Å². The fourth-order valence-corrected chi connectivity index (χ4v) is 3.12. The first-order valence-electron chi connectivity index (χ1n) is 8.91. The summed E-state index contributed by atoms with van der Waals surface area (Å²) in [4.78, 5) is 20.7. The number of aliphatic imine (C=N–C) groups is 1. The van der Waals surface area contributed by atoms with Gasteiger partial charge in [-0.05, 0) is 55.0 Å². The van der Waals surface area contributed by atoms with Gasteiger partial charge in [0.2, 0.25) is 0 Å². The lowest BCUT2D eigenvalue weighted by molar-refractivity contribution is -0.137. The number of benzene rings is 2. The third-order valence-corrected chi connectivity index (χ3v) is 4.72. The van der Waals surface area contributed by atoms with Gasteiger partial charge < -0.3 is 5.32 Å². The van der Waals surface area contributed by atoms with E-state index < -0.39 is 11.7 Å². The van der Waals surface area contributed by atoms with Crippen molar-refractivity contribution in [2.75, 3.05) is 11.9 Å². The van der Waals surface area contributed by atoms with Gasteiger partial charge in [-0.15, -0.1) is 0 Å². The summed E-state index contributed by atoms with van der Waals surface area (Å²) in [5.41, 5.74) is 3.38. The Morgan fingerprint density at radius 2 is 1.90 bits per heavy atom. The maximum atomic E-state index is 12.9. The van der Waals surface area contributed by atoms with Gasteiger partial charge >= 0.3 is 6.18 Å². The molecule has 0 bridgehead atoms. The van der Waals surface area contributed by atoms with Gasteiger partial charge in [-0.3, -0.25) is 9.79 Å². The molecule has 3 aromatic rings. The average Bonchev–Trinajstić information content (AvgIpc) is 3.23. The molecule has 1 amide bonds. The largest absolute Gasteiger partial charge is 0.416 e. The molecule has 0 saturated heterocycles. The van der Waals surface area contributed by atoms with Crippen molar-refractivity contribution in [3.05, 3.63) is 71.3 Å². The number of aromatic nitrogens is 1. The summed E-state index contributed by atoms with van der Waals surface area (Å²) in [5, 5.41) is 3.29. The number of pyridine rings is 1. The van der Waals surface area contributed by atoms with Gasteiger partial charge in [-0.25, -0.2) is 4.98 Å². The van der Waals surface area contributed by atoms with Crippen molar-refractivity contribution in [3.63, 3.8) is 0 Å². The molecule has 1 aromatic heterocycles. The Kier molecular flexibility index (Phi) is 4.66. The first kappa shape index (κ1) is 18.9. The Morgan fingerprint density at radius 3 is 2.59 bits per heavy atom. The molecule has 7 heteroatoms. The number of nitrogens with one attached hydrogen (secondary N) is 1. The van der Waals surface area contributed by atoms with Crippen molar-refractivity contribution in [1.29, 1.82) is 0 Å². The van der Waals surface area contributed by atoms with Gasteiger partial charge in [0.25, 0.3) is 5.91 Å². The van der Waals surface area contributed by atoms with E-state index >= 15 is 0 Å². The quantitative estimate of drug-likeness (QED) is 0.665. The minimum atomic E-state index is -4.38. The number of halogens is 3. The number of anilines is 1. The predicted molar refractivity (Wildman–Crippen MR) is 107 cm³/mol. The standard InChI is InChI=1S/C22H16F3N3O/c1-13-10-14(2-5-18(13)28-21(29)16-8-9-26-12-16)19-6-3-15-11-17(22(23,24)25)4-7-20(15)27-19/h2-11H,12H2,1H3,(H,28,29). The summed E-state index contributed by atoms with van der Waals surface area (Å²) in [7, 11) is 0. The highest BCUT2D eigenvalue weighted by atomic mass is 19.4. The molecule has 0 saturated carbocycles. The van der Waals surface area contributed by atoms with Crippen LogP contribution in [0.5, 0.6) is 0 Å². The van der Waals surface area contributed by atoms with Gasteiger partial charge in [0.15, 0.2) is 0 Å². The highest BCUT2D eigenvalue weighted by molar-refractivity contribution is 6.07. The SMILES string of the molecule is Cc1cc(-c2ccc3cc(C(F)(F)F)ccc3n2)ccc1NC(=O)C1=CC=NC1. The summed E-state index contributed by atoms with van der Waals surface area (Å²) in [6.07, 6.45) is -1.10. The zero-order valence-corrected chi connectivity index (χ0v) is 15.4. The molecular weight excluding hydrogens is 379 g/mol. The minimum Gasteiger partial charge on any atom is -0.322 e. The Balaban J connectivity index is 1.60. The molecule has 2 aromatic carbocycles. The molecule has 0 unspecified atom stereocenters. The molecule has 1 aliphatic heterocycles. The van der Waals surface area contributed by atoms with E-state index in [0.29, 0.717) is 34.4 Å². The van der Waals surface area contributed by atoms with Crippen LogP contribution in [-0.4, -0.2) is 23.7 Å². The molecule has 4 rings (SSSR count). The summed E-state index contributed by atoms with van der Waals surface area (Å²) < 4.78 is 38.6. The van der Waals surface area contributed by atoms with E-state index in [0.717, 1.165) is 23.3 Å². The van der Waals surface area contributed by atoms with Gasteiger partial charge in [-0.2, -0.15) is 13.2 Å².